The van der Waals surface area contributed by atoms with Crippen LogP contribution in [-0.4, -0.2) is 73.5 Å². The van der Waals surface area contributed by atoms with E-state index in [4.69, 9.17) is 18.9 Å². The van der Waals surface area contributed by atoms with Crippen LogP contribution in [-0.2, 0) is 16.1 Å². The van der Waals surface area contributed by atoms with Gasteiger partial charge in [0.15, 0.2) is 11.5 Å². The molecule has 1 aromatic heterocycles. The Hall–Kier alpha value is -5.35. The first-order valence-corrected chi connectivity index (χ1v) is 17.3. The van der Waals surface area contributed by atoms with E-state index < -0.39 is 41.1 Å². The Bertz CT molecular complexity index is 1890. The highest BCUT2D eigenvalue weighted by Gasteiger charge is 2.33. The van der Waals surface area contributed by atoms with Crippen LogP contribution >= 0.6 is 11.8 Å². The topological polar surface area (TPSA) is 110 Å². The minimum absolute atomic E-state index is 0.0360. The fourth-order valence-electron chi connectivity index (χ4n) is 5.30. The molecule has 0 N–H and O–H groups in total. The lowest BCUT2D eigenvalue weighted by atomic mass is 10.1. The van der Waals surface area contributed by atoms with Crippen LogP contribution in [0.1, 0.15) is 30.0 Å². The van der Waals surface area contributed by atoms with E-state index >= 15 is 8.78 Å². The second kappa shape index (κ2) is 16.8. The van der Waals surface area contributed by atoms with Gasteiger partial charge in [-0.3, -0.25) is 4.99 Å². The van der Waals surface area contributed by atoms with E-state index in [-0.39, 0.29) is 42.4 Å². The molecule has 10 nitrogen and oxygen atoms in total. The van der Waals surface area contributed by atoms with Crippen molar-refractivity contribution in [3.8, 4) is 35.1 Å². The number of nitriles is 1. The minimum atomic E-state index is -1.19. The monoisotopic (exact) mass is 701 g/mol. The number of rotatable bonds is 15. The molecule has 0 fully saturated rings. The highest BCUT2D eigenvalue weighted by molar-refractivity contribution is 7.98. The molecule has 260 valence electrons. The lowest BCUT2D eigenvalue weighted by molar-refractivity contribution is -0.144. The van der Waals surface area contributed by atoms with Gasteiger partial charge in [0.2, 0.25) is 11.6 Å². The molecular weight excluding hydrogens is 665 g/mol. The maximum Gasteiger partial charge on any atom is 0.328 e. The number of aromatic nitrogens is 1. The third-order valence-electron chi connectivity index (χ3n) is 7.85. The average molecular weight is 702 g/mol. The number of nitrogens with zero attached hydrogens (tertiary/aromatic N) is 5. The molecule has 0 bridgehead atoms. The Morgan fingerprint density at radius 2 is 1.80 bits per heavy atom. The third kappa shape index (κ3) is 8.44. The summed E-state index contributed by atoms with van der Waals surface area (Å²) >= 11 is 1.48. The van der Waals surface area contributed by atoms with Crippen molar-refractivity contribution in [3.05, 3.63) is 101 Å². The zero-order valence-electron chi connectivity index (χ0n) is 28.2. The summed E-state index contributed by atoms with van der Waals surface area (Å²) in [6.45, 7) is 3.30. The molecule has 1 aliphatic heterocycles. The van der Waals surface area contributed by atoms with Gasteiger partial charge in [-0.05, 0) is 55.2 Å². The number of carbonyl (C=O) groups is 1. The van der Waals surface area contributed by atoms with Crippen LogP contribution in [0.2, 0.25) is 0 Å². The van der Waals surface area contributed by atoms with Gasteiger partial charge in [0.25, 0.3) is 11.8 Å². The number of benzene rings is 3. The molecule has 5 rings (SSSR count). The fourth-order valence-corrected chi connectivity index (χ4v) is 5.76. The summed E-state index contributed by atoms with van der Waals surface area (Å²) in [5.41, 5.74) is 1.20. The number of hydrogen-bond donors (Lipinski definition) is 0. The first-order valence-electron chi connectivity index (χ1n) is 15.9. The van der Waals surface area contributed by atoms with Gasteiger partial charge in [0, 0.05) is 32.3 Å². The van der Waals surface area contributed by atoms with Gasteiger partial charge in [0.1, 0.15) is 29.9 Å². The van der Waals surface area contributed by atoms with Crippen LogP contribution in [0.5, 0.6) is 29.0 Å². The van der Waals surface area contributed by atoms with Gasteiger partial charge >= 0.3 is 5.97 Å². The van der Waals surface area contributed by atoms with E-state index in [2.05, 4.69) is 9.98 Å². The van der Waals surface area contributed by atoms with Crippen LogP contribution in [0, 0.1) is 23.0 Å². The Morgan fingerprint density at radius 1 is 1.04 bits per heavy atom. The van der Waals surface area contributed by atoms with Crippen molar-refractivity contribution < 1.29 is 32.5 Å². The molecule has 3 aromatic carbocycles. The number of hydrogen-bond acceptors (Lipinski definition) is 11. The van der Waals surface area contributed by atoms with Gasteiger partial charge in [-0.2, -0.15) is 30.8 Å². The highest BCUT2D eigenvalue weighted by atomic mass is 32.2. The minimum Gasteiger partial charge on any atom is -0.485 e. The predicted molar refractivity (Wildman–Crippen MR) is 189 cm³/mol. The standard InChI is InChI=1S/C37H37F2N5O5S/c1-5-46-37(45)28(16-19-50-4)44(3)33-31(38)35(48-27-13-9-12-26(21-27)34-41-17-18-43(34)2)42-36(32(33)39)49-30-20-25(22-40)14-15-29(30)47-23-24-10-7-6-8-11-24/h6-15,20-21,28H,5,16-19,23H2,1-4H3. The Morgan fingerprint density at radius 3 is 2.48 bits per heavy atom. The highest BCUT2D eigenvalue weighted by Crippen LogP contribution is 2.41. The van der Waals surface area contributed by atoms with Crippen LogP contribution in [0.4, 0.5) is 14.5 Å². The molecule has 50 heavy (non-hydrogen) atoms. The van der Waals surface area contributed by atoms with Crippen LogP contribution in [0.15, 0.2) is 77.8 Å². The SMILES string of the molecule is CCOC(=O)C(CCSC)N(C)c1c(F)c(Oc2cccc(C3=NCCN3C)c2)nc(Oc2cc(C#N)ccc2OCc2ccccc2)c1F. The lowest BCUT2D eigenvalue weighted by Gasteiger charge is -2.29. The van der Waals surface area contributed by atoms with E-state index in [1.165, 1.54) is 41.9 Å². The van der Waals surface area contributed by atoms with Crippen molar-refractivity contribution in [3.63, 3.8) is 0 Å². The quantitative estimate of drug-likeness (QED) is 0.118. The van der Waals surface area contributed by atoms with E-state index in [0.29, 0.717) is 12.3 Å². The van der Waals surface area contributed by atoms with Crippen LogP contribution in [0.3, 0.4) is 0 Å². The summed E-state index contributed by atoms with van der Waals surface area (Å²) in [7, 11) is 3.32. The zero-order chi connectivity index (χ0) is 35.6. The number of anilines is 1. The summed E-state index contributed by atoms with van der Waals surface area (Å²) in [6, 6.07) is 21.7. The molecular formula is C37H37F2N5O5S. The van der Waals surface area contributed by atoms with Crippen molar-refractivity contribution in [1.82, 2.24) is 9.88 Å². The summed E-state index contributed by atoms with van der Waals surface area (Å²) in [5.74, 6) is -2.61. The molecule has 0 radical (unpaired) electrons. The first-order chi connectivity index (χ1) is 24.2. The van der Waals surface area contributed by atoms with Gasteiger partial charge in [-0.1, -0.05) is 42.5 Å². The number of ether oxygens (including phenoxy) is 4. The molecule has 2 heterocycles. The molecule has 1 atom stereocenters. The number of esters is 1. The molecule has 13 heteroatoms. The zero-order valence-corrected chi connectivity index (χ0v) is 29.0. The van der Waals surface area contributed by atoms with Gasteiger partial charge < -0.3 is 28.7 Å². The van der Waals surface area contributed by atoms with Gasteiger partial charge in [-0.25, -0.2) is 4.79 Å². The second-order valence-electron chi connectivity index (χ2n) is 11.3. The summed E-state index contributed by atoms with van der Waals surface area (Å²) in [4.78, 5) is 24.9. The molecule has 1 aliphatic rings. The Kier molecular flexibility index (Phi) is 12.1. The normalized spacial score (nSPS) is 12.9. The van der Waals surface area contributed by atoms with Crippen molar-refractivity contribution in [2.75, 3.05) is 50.7 Å². The maximum absolute atomic E-state index is 16.6. The van der Waals surface area contributed by atoms with E-state index in [0.717, 1.165) is 23.5 Å². The molecule has 0 aliphatic carbocycles. The number of amidine groups is 1. The largest absolute Gasteiger partial charge is 0.485 e. The fraction of sp³-hybridized carbons (Fsp3) is 0.297. The van der Waals surface area contributed by atoms with Gasteiger partial charge in [0.05, 0.1) is 24.8 Å². The molecule has 1 unspecified atom stereocenters. The molecule has 0 saturated carbocycles. The van der Waals surface area contributed by atoms with Crippen molar-refractivity contribution in [2.24, 2.45) is 4.99 Å². The summed E-state index contributed by atoms with van der Waals surface area (Å²) < 4.78 is 56.3. The summed E-state index contributed by atoms with van der Waals surface area (Å²) in [5, 5.41) is 9.62. The Balaban J connectivity index is 1.59. The molecule has 0 amide bonds. The van der Waals surface area contributed by atoms with Crippen LogP contribution < -0.4 is 19.1 Å². The molecule has 0 saturated heterocycles. The number of likely N-dealkylation sites (N-methyl/N-ethyl adjacent to an activating group) is 2. The first kappa shape index (κ1) is 35.9. The van der Waals surface area contributed by atoms with Gasteiger partial charge in [-0.15, -0.1) is 0 Å². The molecule has 0 spiro atoms. The number of halogens is 2. The summed E-state index contributed by atoms with van der Waals surface area (Å²) in [6.07, 6.45) is 2.10. The van der Waals surface area contributed by atoms with Crippen molar-refractivity contribution in [1.29, 1.82) is 5.26 Å². The second-order valence-corrected chi connectivity index (χ2v) is 12.3. The smallest absolute Gasteiger partial charge is 0.328 e. The van der Waals surface area contributed by atoms with E-state index in [9.17, 15) is 10.1 Å². The predicted octanol–water partition coefficient (Wildman–Crippen LogP) is 7.21. The maximum atomic E-state index is 16.6. The van der Waals surface area contributed by atoms with Crippen LogP contribution in [0.25, 0.3) is 0 Å². The molecule has 4 aromatic rings. The number of thioether (sulfide) groups is 1. The number of aliphatic imine (C=N–C) groups is 1. The lowest BCUT2D eigenvalue weighted by Crippen LogP contribution is -2.41. The number of pyridine rings is 1. The third-order valence-corrected chi connectivity index (χ3v) is 8.49. The van der Waals surface area contributed by atoms with E-state index in [1.807, 2.05) is 60.7 Å². The van der Waals surface area contributed by atoms with Crippen molar-refractivity contribution >= 4 is 29.3 Å². The van der Waals surface area contributed by atoms with Crippen molar-refractivity contribution in [2.45, 2.75) is 26.0 Å². The Labute approximate surface area is 294 Å². The average Bonchev–Trinajstić information content (AvgIpc) is 3.56. The van der Waals surface area contributed by atoms with E-state index in [1.54, 1.807) is 25.1 Å². The number of carbonyl (C=O) groups excluding carboxylic acids is 1.